The molecule has 3 aromatic heterocycles. The number of aromatic nitrogens is 3. The van der Waals surface area contributed by atoms with E-state index in [0.717, 1.165) is 71.8 Å². The molecule has 0 bridgehead atoms. The van der Waals surface area contributed by atoms with Crippen LogP contribution >= 0.6 is 0 Å². The van der Waals surface area contributed by atoms with Crippen LogP contribution in [0.3, 0.4) is 0 Å². The van der Waals surface area contributed by atoms with Gasteiger partial charge in [0.05, 0.1) is 27.9 Å². The molecule has 0 aliphatic heterocycles. The molecule has 1 N–H and O–H groups in total. The summed E-state index contributed by atoms with van der Waals surface area (Å²) >= 11 is 0. The number of phenols is 1. The summed E-state index contributed by atoms with van der Waals surface area (Å²) in [4.78, 5) is 10.3. The number of hydrogen-bond donors (Lipinski definition) is 1. The molecule has 0 aliphatic carbocycles. The maximum Gasteiger partial charge on any atom is 0.148 e. The van der Waals surface area contributed by atoms with Crippen LogP contribution in [-0.4, -0.2) is 19.6 Å². The molecule has 3 heterocycles. The van der Waals surface area contributed by atoms with Gasteiger partial charge in [-0.05, 0) is 69.5 Å². The van der Waals surface area contributed by atoms with Gasteiger partial charge in [-0.2, -0.15) is 0 Å². The zero-order chi connectivity index (χ0) is 34.8. The van der Waals surface area contributed by atoms with Gasteiger partial charge < -0.3 is 9.52 Å². The molecule has 0 saturated carbocycles. The molecule has 0 unspecified atom stereocenters. The Kier molecular flexibility index (Phi) is 8.56. The summed E-state index contributed by atoms with van der Waals surface area (Å²) < 4.78 is 8.83. The van der Waals surface area contributed by atoms with E-state index in [0.29, 0.717) is 11.4 Å². The molecule has 0 spiro atoms. The van der Waals surface area contributed by atoms with E-state index in [-0.39, 0.29) is 38.7 Å². The Morgan fingerprint density at radius 2 is 1.37 bits per heavy atom. The van der Waals surface area contributed by atoms with Crippen LogP contribution < -0.4 is 0 Å². The molecule has 52 heavy (non-hydrogen) atoms. The fourth-order valence-corrected chi connectivity index (χ4v) is 7.55. The van der Waals surface area contributed by atoms with Crippen LogP contribution in [0, 0.1) is 6.07 Å². The van der Waals surface area contributed by atoms with E-state index < -0.39 is 0 Å². The number of furan rings is 1. The van der Waals surface area contributed by atoms with Crippen molar-refractivity contribution in [3.8, 4) is 45.2 Å². The van der Waals surface area contributed by atoms with Gasteiger partial charge in [-0.15, -0.1) is 17.7 Å². The number of benzene rings is 6. The molecular formula is C46H36N3O2Pt-. The summed E-state index contributed by atoms with van der Waals surface area (Å²) in [5.41, 5.74) is 11.0. The van der Waals surface area contributed by atoms with Crippen molar-refractivity contribution < 1.29 is 30.6 Å². The van der Waals surface area contributed by atoms with Gasteiger partial charge in [0, 0.05) is 38.3 Å². The minimum Gasteiger partial charge on any atom is -0.507 e. The zero-order valence-electron chi connectivity index (χ0n) is 29.3. The minimum absolute atomic E-state index is 0. The summed E-state index contributed by atoms with van der Waals surface area (Å²) in [5, 5.41) is 15.4. The Labute approximate surface area is 316 Å². The first-order valence-corrected chi connectivity index (χ1v) is 17.5. The van der Waals surface area contributed by atoms with Gasteiger partial charge in [0.2, 0.25) is 0 Å². The van der Waals surface area contributed by atoms with Gasteiger partial charge >= 0.3 is 0 Å². The normalized spacial score (nSPS) is 11.7. The average molecular weight is 858 g/mol. The van der Waals surface area contributed by atoms with Gasteiger partial charge in [-0.1, -0.05) is 124 Å². The van der Waals surface area contributed by atoms with Gasteiger partial charge in [0.15, 0.2) is 0 Å². The van der Waals surface area contributed by atoms with Gasteiger partial charge in [-0.25, -0.2) is 4.98 Å². The third-order valence-corrected chi connectivity index (χ3v) is 10.0. The Hall–Kier alpha value is -5.51. The summed E-state index contributed by atoms with van der Waals surface area (Å²) in [6.07, 6.45) is 1.85. The largest absolute Gasteiger partial charge is 0.507 e. The van der Waals surface area contributed by atoms with Crippen LogP contribution in [0.2, 0.25) is 0 Å². The molecule has 9 aromatic rings. The van der Waals surface area contributed by atoms with Crippen LogP contribution in [0.15, 0.2) is 132 Å². The number of para-hydroxylation sites is 4. The van der Waals surface area contributed by atoms with E-state index in [9.17, 15) is 5.11 Å². The van der Waals surface area contributed by atoms with E-state index in [1.807, 2.05) is 60.8 Å². The molecule has 0 saturated heterocycles. The van der Waals surface area contributed by atoms with E-state index in [1.54, 1.807) is 6.07 Å². The minimum atomic E-state index is 0. The number of nitrogens with zero attached hydrogens (tertiary/aromatic N) is 3. The number of aromatic hydroxyl groups is 1. The predicted octanol–water partition coefficient (Wildman–Crippen LogP) is 12.2. The van der Waals surface area contributed by atoms with Crippen molar-refractivity contribution >= 4 is 43.7 Å². The second-order valence-electron chi connectivity index (χ2n) is 13.8. The number of pyridine rings is 1. The Balaban J connectivity index is 0.00000387. The molecule has 0 radical (unpaired) electrons. The van der Waals surface area contributed by atoms with E-state index in [1.165, 1.54) is 11.1 Å². The van der Waals surface area contributed by atoms with Crippen LogP contribution in [0.1, 0.15) is 50.7 Å². The van der Waals surface area contributed by atoms with Crippen LogP contribution in [-0.2, 0) is 21.1 Å². The Bertz CT molecular complexity index is 2760. The number of rotatable bonds is 6. The third kappa shape index (κ3) is 5.34. The van der Waals surface area contributed by atoms with Crippen molar-refractivity contribution in [2.75, 3.05) is 0 Å². The maximum atomic E-state index is 11.3. The summed E-state index contributed by atoms with van der Waals surface area (Å²) in [7, 11) is 0. The van der Waals surface area contributed by atoms with Crippen molar-refractivity contribution in [3.63, 3.8) is 0 Å². The number of fused-ring (bicyclic) bond motifs is 5. The maximum absolute atomic E-state index is 11.3. The topological polar surface area (TPSA) is 64.1 Å². The van der Waals surface area contributed by atoms with Gasteiger partial charge in [0.1, 0.15) is 17.2 Å². The van der Waals surface area contributed by atoms with Gasteiger partial charge in [-0.3, -0.25) is 9.55 Å². The molecule has 0 aliphatic rings. The third-order valence-electron chi connectivity index (χ3n) is 10.0. The molecule has 0 fully saturated rings. The summed E-state index contributed by atoms with van der Waals surface area (Å²) in [6, 6.07) is 44.9. The molecule has 6 heteroatoms. The zero-order valence-corrected chi connectivity index (χ0v) is 31.6. The molecule has 0 atom stereocenters. The standard InChI is InChI=1S/C46H36N3O2.Pt/c1-27(2)31-17-11-18-32(28(3)4)44(31)49-39-20-12-19-34(43(39)48-46(49)36-16-7-9-21-40(36)50)30-25-37-35-15-8-10-22-41(35)51-45(37)38(26-30)42-33-14-6-5-13-29(33)23-24-47-42;/h5-25,27-28,50H,1-4H3;/q-1;. The Morgan fingerprint density at radius 3 is 2.13 bits per heavy atom. The van der Waals surface area contributed by atoms with Crippen molar-refractivity contribution in [2.45, 2.75) is 39.5 Å². The number of imidazole rings is 1. The smallest absolute Gasteiger partial charge is 0.148 e. The molecular weight excluding hydrogens is 822 g/mol. The van der Waals surface area contributed by atoms with Crippen molar-refractivity contribution in [1.82, 2.24) is 14.5 Å². The molecule has 9 rings (SSSR count). The van der Waals surface area contributed by atoms with Crippen LogP contribution in [0.25, 0.3) is 83.2 Å². The summed E-state index contributed by atoms with van der Waals surface area (Å²) in [5.74, 6) is 1.40. The second-order valence-corrected chi connectivity index (χ2v) is 13.8. The predicted molar refractivity (Wildman–Crippen MR) is 209 cm³/mol. The van der Waals surface area contributed by atoms with Crippen molar-refractivity contribution in [1.29, 1.82) is 0 Å². The fourth-order valence-electron chi connectivity index (χ4n) is 7.55. The van der Waals surface area contributed by atoms with Crippen LogP contribution in [0.4, 0.5) is 0 Å². The van der Waals surface area contributed by atoms with Gasteiger partial charge in [0.25, 0.3) is 0 Å². The number of hydrogen-bond acceptors (Lipinski definition) is 4. The van der Waals surface area contributed by atoms with Crippen molar-refractivity contribution in [2.24, 2.45) is 0 Å². The van der Waals surface area contributed by atoms with E-state index in [4.69, 9.17) is 14.4 Å². The molecule has 0 amide bonds. The van der Waals surface area contributed by atoms with Crippen LogP contribution in [0.5, 0.6) is 5.75 Å². The average Bonchev–Trinajstić information content (AvgIpc) is 3.73. The van der Waals surface area contributed by atoms with Crippen molar-refractivity contribution in [3.05, 3.63) is 145 Å². The molecule has 5 nitrogen and oxygen atoms in total. The monoisotopic (exact) mass is 857 g/mol. The second kappa shape index (κ2) is 13.2. The summed E-state index contributed by atoms with van der Waals surface area (Å²) in [6.45, 7) is 8.93. The number of phenolic OH excluding ortho intramolecular Hbond substituents is 1. The van der Waals surface area contributed by atoms with E-state index >= 15 is 0 Å². The SMILES string of the molecule is CC(C)c1cccc(C(C)C)c1-n1c(-c2ccccc2O)nc2c(-c3[c-]c(-c4nccc5ccccc45)c4oc5ccccc5c4c3)cccc21.[Pt]. The first kappa shape index (κ1) is 33.6. The van der Waals surface area contributed by atoms with E-state index in [2.05, 4.69) is 99.0 Å². The first-order valence-electron chi connectivity index (χ1n) is 17.5. The fraction of sp³-hybridized carbons (Fsp3) is 0.130. The first-order chi connectivity index (χ1) is 24.9. The Morgan fingerprint density at radius 1 is 0.692 bits per heavy atom. The quantitative estimate of drug-likeness (QED) is 0.169. The molecule has 6 aromatic carbocycles. The molecule has 258 valence electrons.